The predicted octanol–water partition coefficient (Wildman–Crippen LogP) is 2.87. The van der Waals surface area contributed by atoms with Crippen molar-refractivity contribution < 1.29 is 19.1 Å². The minimum Gasteiger partial charge on any atom is -0.486 e. The number of thiophene rings is 1. The molecule has 0 saturated carbocycles. The fraction of sp³-hybridized carbons (Fsp3) is 0.211. The van der Waals surface area contributed by atoms with Crippen LogP contribution < -0.4 is 15.4 Å². The number of para-hydroxylation sites is 1. The highest BCUT2D eigenvalue weighted by Gasteiger charge is 2.34. The van der Waals surface area contributed by atoms with Crippen molar-refractivity contribution in [1.29, 1.82) is 5.26 Å². The van der Waals surface area contributed by atoms with E-state index in [9.17, 15) is 14.9 Å². The topological polar surface area (TPSA) is 100 Å². The molecule has 1 aromatic carbocycles. The van der Waals surface area contributed by atoms with Gasteiger partial charge >= 0.3 is 12.0 Å². The average molecular weight is 383 g/mol. The van der Waals surface area contributed by atoms with E-state index in [2.05, 4.69) is 10.6 Å². The molecule has 1 unspecified atom stereocenters. The van der Waals surface area contributed by atoms with Gasteiger partial charge in [0.05, 0.1) is 29.5 Å². The third kappa shape index (κ3) is 4.10. The van der Waals surface area contributed by atoms with Gasteiger partial charge in [-0.1, -0.05) is 18.2 Å². The summed E-state index contributed by atoms with van der Waals surface area (Å²) in [7, 11) is 0. The van der Waals surface area contributed by atoms with Crippen LogP contribution in [-0.2, 0) is 9.53 Å². The van der Waals surface area contributed by atoms with Crippen LogP contribution in [0.5, 0.6) is 5.75 Å². The molecule has 2 heterocycles. The number of carbonyl (C=O) groups is 2. The van der Waals surface area contributed by atoms with Gasteiger partial charge in [0.2, 0.25) is 0 Å². The lowest BCUT2D eigenvalue weighted by molar-refractivity contribution is -0.139. The van der Waals surface area contributed by atoms with Crippen molar-refractivity contribution in [1.82, 2.24) is 10.6 Å². The molecule has 8 heteroatoms. The second kappa shape index (κ2) is 8.38. The SMILES string of the molecule is CCOC(=O)C1=C(COc2ccccc2C#N)NC(=O)NC1c1cccs1. The van der Waals surface area contributed by atoms with Crippen LogP contribution in [0, 0.1) is 11.3 Å². The Balaban J connectivity index is 1.95. The van der Waals surface area contributed by atoms with E-state index in [1.807, 2.05) is 23.6 Å². The molecular weight excluding hydrogens is 366 g/mol. The molecule has 2 aromatic rings. The first kappa shape index (κ1) is 18.5. The van der Waals surface area contributed by atoms with Crippen LogP contribution in [0.3, 0.4) is 0 Å². The zero-order valence-electron chi connectivity index (χ0n) is 14.5. The normalized spacial score (nSPS) is 16.1. The highest BCUT2D eigenvalue weighted by atomic mass is 32.1. The number of hydrogen-bond donors (Lipinski definition) is 2. The zero-order chi connectivity index (χ0) is 19.2. The first-order valence-corrected chi connectivity index (χ1v) is 9.15. The Morgan fingerprint density at radius 3 is 2.81 bits per heavy atom. The van der Waals surface area contributed by atoms with Crippen molar-refractivity contribution in [2.75, 3.05) is 13.2 Å². The van der Waals surface area contributed by atoms with Gasteiger partial charge in [0.15, 0.2) is 0 Å². The van der Waals surface area contributed by atoms with E-state index in [0.717, 1.165) is 4.88 Å². The molecule has 0 spiro atoms. The number of urea groups is 1. The Hall–Kier alpha value is -3.31. The van der Waals surface area contributed by atoms with Crippen molar-refractivity contribution in [3.8, 4) is 11.8 Å². The summed E-state index contributed by atoms with van der Waals surface area (Å²) in [5.74, 6) is -0.160. The van der Waals surface area contributed by atoms with Crippen molar-refractivity contribution >= 4 is 23.3 Å². The fourth-order valence-electron chi connectivity index (χ4n) is 2.69. The molecule has 1 atom stereocenters. The second-order valence-corrected chi connectivity index (χ2v) is 6.54. The summed E-state index contributed by atoms with van der Waals surface area (Å²) in [6.45, 7) is 1.84. The molecule has 0 aliphatic carbocycles. The Bertz CT molecular complexity index is 915. The van der Waals surface area contributed by atoms with Crippen LogP contribution in [0.15, 0.2) is 53.0 Å². The number of nitrogens with one attached hydrogen (secondary N) is 2. The molecule has 1 aliphatic heterocycles. The molecule has 0 bridgehead atoms. The fourth-order valence-corrected chi connectivity index (χ4v) is 3.47. The number of benzene rings is 1. The van der Waals surface area contributed by atoms with E-state index in [1.165, 1.54) is 11.3 Å². The van der Waals surface area contributed by atoms with Crippen molar-refractivity contribution in [2.24, 2.45) is 0 Å². The number of hydrogen-bond acceptors (Lipinski definition) is 6. The van der Waals surface area contributed by atoms with E-state index in [4.69, 9.17) is 9.47 Å². The van der Waals surface area contributed by atoms with Crippen molar-refractivity contribution in [2.45, 2.75) is 13.0 Å². The second-order valence-electron chi connectivity index (χ2n) is 5.56. The number of esters is 1. The van der Waals surface area contributed by atoms with E-state index in [1.54, 1.807) is 31.2 Å². The van der Waals surface area contributed by atoms with Crippen LogP contribution >= 0.6 is 11.3 Å². The van der Waals surface area contributed by atoms with E-state index < -0.39 is 18.0 Å². The quantitative estimate of drug-likeness (QED) is 0.747. The predicted molar refractivity (Wildman–Crippen MR) is 99.0 cm³/mol. The maximum atomic E-state index is 12.6. The average Bonchev–Trinajstić information content (AvgIpc) is 3.21. The highest BCUT2D eigenvalue weighted by Crippen LogP contribution is 2.31. The Kier molecular flexibility index (Phi) is 5.74. The number of amides is 2. The number of carbonyl (C=O) groups excluding carboxylic acids is 2. The number of nitrogens with zero attached hydrogens (tertiary/aromatic N) is 1. The molecule has 1 aliphatic rings. The minimum atomic E-state index is -0.623. The Morgan fingerprint density at radius 1 is 1.30 bits per heavy atom. The van der Waals surface area contributed by atoms with Gasteiger partial charge in [-0.05, 0) is 30.5 Å². The first-order chi connectivity index (χ1) is 13.1. The minimum absolute atomic E-state index is 0.0812. The summed E-state index contributed by atoms with van der Waals surface area (Å²) in [4.78, 5) is 25.5. The molecule has 0 saturated heterocycles. The van der Waals surface area contributed by atoms with Crippen LogP contribution in [0.2, 0.25) is 0 Å². The van der Waals surface area contributed by atoms with Crippen LogP contribution in [0.4, 0.5) is 4.79 Å². The maximum Gasteiger partial charge on any atom is 0.338 e. The van der Waals surface area contributed by atoms with E-state index in [0.29, 0.717) is 17.0 Å². The largest absolute Gasteiger partial charge is 0.486 e. The van der Waals surface area contributed by atoms with Crippen molar-refractivity contribution in [3.63, 3.8) is 0 Å². The van der Waals surface area contributed by atoms with E-state index >= 15 is 0 Å². The molecule has 2 amide bonds. The lowest BCUT2D eigenvalue weighted by Crippen LogP contribution is -2.47. The molecule has 3 rings (SSSR count). The highest BCUT2D eigenvalue weighted by molar-refractivity contribution is 7.10. The summed E-state index contributed by atoms with van der Waals surface area (Å²) in [6.07, 6.45) is 0. The van der Waals surface area contributed by atoms with Crippen LogP contribution in [-0.4, -0.2) is 25.2 Å². The van der Waals surface area contributed by atoms with Gasteiger partial charge in [-0.3, -0.25) is 0 Å². The number of ether oxygens (including phenoxy) is 2. The van der Waals surface area contributed by atoms with Crippen LogP contribution in [0.1, 0.15) is 23.4 Å². The summed E-state index contributed by atoms with van der Waals surface area (Å²) in [5, 5.41) is 16.4. The van der Waals surface area contributed by atoms with Gasteiger partial charge < -0.3 is 20.1 Å². The summed E-state index contributed by atoms with van der Waals surface area (Å²) in [6, 6.07) is 11.4. The maximum absolute atomic E-state index is 12.6. The third-order valence-corrected chi connectivity index (χ3v) is 4.79. The standard InChI is InChI=1S/C19H17N3O4S/c1-2-25-18(23)16-13(11-26-14-7-4-3-6-12(14)10-20)21-19(24)22-17(16)15-8-5-9-27-15/h3-9,17H,2,11H2,1H3,(H2,21,22,24). The molecule has 0 fully saturated rings. The lowest BCUT2D eigenvalue weighted by Gasteiger charge is -2.28. The summed E-state index contributed by atoms with van der Waals surface area (Å²) in [5.41, 5.74) is 0.961. The van der Waals surface area contributed by atoms with Gasteiger partial charge in [-0.15, -0.1) is 11.3 Å². The van der Waals surface area contributed by atoms with Gasteiger partial charge in [-0.2, -0.15) is 5.26 Å². The zero-order valence-corrected chi connectivity index (χ0v) is 15.3. The molecular formula is C19H17N3O4S. The van der Waals surface area contributed by atoms with Crippen molar-refractivity contribution in [3.05, 3.63) is 63.5 Å². The summed E-state index contributed by atoms with van der Waals surface area (Å²) >= 11 is 1.42. The third-order valence-electron chi connectivity index (χ3n) is 3.86. The molecule has 138 valence electrons. The lowest BCUT2D eigenvalue weighted by atomic mass is 10.0. The van der Waals surface area contributed by atoms with Gasteiger partial charge in [-0.25, -0.2) is 9.59 Å². The van der Waals surface area contributed by atoms with Crippen LogP contribution in [0.25, 0.3) is 0 Å². The van der Waals surface area contributed by atoms with Gasteiger partial charge in [0.1, 0.15) is 18.4 Å². The van der Waals surface area contributed by atoms with Gasteiger partial charge in [0, 0.05) is 4.88 Å². The van der Waals surface area contributed by atoms with E-state index in [-0.39, 0.29) is 18.8 Å². The molecule has 1 aromatic heterocycles. The Labute approximate surface area is 160 Å². The first-order valence-electron chi connectivity index (χ1n) is 8.27. The smallest absolute Gasteiger partial charge is 0.338 e. The van der Waals surface area contributed by atoms with Gasteiger partial charge in [0.25, 0.3) is 0 Å². The molecule has 2 N–H and O–H groups in total. The molecule has 0 radical (unpaired) electrons. The number of rotatable bonds is 6. The molecule has 7 nitrogen and oxygen atoms in total. The monoisotopic (exact) mass is 383 g/mol. The number of nitriles is 1. The molecule has 27 heavy (non-hydrogen) atoms. The summed E-state index contributed by atoms with van der Waals surface area (Å²) < 4.78 is 10.9. The Morgan fingerprint density at radius 2 is 2.11 bits per heavy atom.